The van der Waals surface area contributed by atoms with E-state index in [1.54, 1.807) is 13.0 Å². The van der Waals surface area contributed by atoms with Crippen LogP contribution < -0.4 is 0 Å². The van der Waals surface area contributed by atoms with Crippen LogP contribution >= 0.6 is 0 Å². The van der Waals surface area contributed by atoms with E-state index < -0.39 is 18.4 Å². The van der Waals surface area contributed by atoms with E-state index in [9.17, 15) is 9.18 Å². The first-order valence-electron chi connectivity index (χ1n) is 4.64. The number of ether oxygens (including phenoxy) is 1. The van der Waals surface area contributed by atoms with Crippen LogP contribution in [-0.4, -0.2) is 17.7 Å². The van der Waals surface area contributed by atoms with Crippen molar-refractivity contribution in [1.82, 2.24) is 0 Å². The number of halogens is 1. The van der Waals surface area contributed by atoms with Crippen molar-refractivity contribution in [3.8, 4) is 6.07 Å². The van der Waals surface area contributed by atoms with Crippen molar-refractivity contribution in [3.05, 3.63) is 34.6 Å². The summed E-state index contributed by atoms with van der Waals surface area (Å²) in [6.45, 7) is 1.30. The van der Waals surface area contributed by atoms with Gasteiger partial charge in [-0.2, -0.15) is 5.26 Å². The third-order valence-electron chi connectivity index (χ3n) is 1.93. The smallest absolute Gasteiger partial charge is 0.342 e. The van der Waals surface area contributed by atoms with Crippen LogP contribution in [0.3, 0.4) is 0 Å². The van der Waals surface area contributed by atoms with Crippen molar-refractivity contribution in [2.24, 2.45) is 0 Å². The third-order valence-corrected chi connectivity index (χ3v) is 1.93. The highest BCUT2D eigenvalue weighted by Gasteiger charge is 2.19. The molecule has 16 heavy (non-hydrogen) atoms. The zero-order chi connectivity index (χ0) is 12.1. The summed E-state index contributed by atoms with van der Waals surface area (Å²) in [7, 11) is 0. The van der Waals surface area contributed by atoms with Crippen LogP contribution in [0.1, 0.15) is 28.4 Å². The van der Waals surface area contributed by atoms with Crippen LogP contribution in [-0.2, 0) is 11.3 Å². The van der Waals surface area contributed by atoms with Crippen LogP contribution in [0.5, 0.6) is 0 Å². The first kappa shape index (κ1) is 12.1. The predicted molar refractivity (Wildman–Crippen MR) is 53.0 cm³/mol. The SMILES string of the molecule is CCOC(=O)c1c(F)cc(CO)cc1C#N. The van der Waals surface area contributed by atoms with Crippen LogP contribution in [0.2, 0.25) is 0 Å². The van der Waals surface area contributed by atoms with Gasteiger partial charge in [0.05, 0.1) is 18.8 Å². The molecule has 0 atom stereocenters. The fourth-order valence-electron chi connectivity index (χ4n) is 1.25. The summed E-state index contributed by atoms with van der Waals surface area (Å²) in [5, 5.41) is 17.6. The topological polar surface area (TPSA) is 70.3 Å². The molecule has 1 rings (SSSR count). The minimum atomic E-state index is -0.874. The molecule has 5 heteroatoms. The average molecular weight is 223 g/mol. The molecule has 1 N–H and O–H groups in total. The monoisotopic (exact) mass is 223 g/mol. The number of aliphatic hydroxyl groups is 1. The van der Waals surface area contributed by atoms with E-state index >= 15 is 0 Å². The van der Waals surface area contributed by atoms with Gasteiger partial charge in [0.15, 0.2) is 0 Å². The van der Waals surface area contributed by atoms with Gasteiger partial charge in [-0.3, -0.25) is 0 Å². The van der Waals surface area contributed by atoms with Crippen molar-refractivity contribution in [1.29, 1.82) is 5.26 Å². The summed E-state index contributed by atoms with van der Waals surface area (Å²) in [6.07, 6.45) is 0. The summed E-state index contributed by atoms with van der Waals surface area (Å²) < 4.78 is 18.1. The van der Waals surface area contributed by atoms with Crippen LogP contribution in [0.15, 0.2) is 12.1 Å². The maximum atomic E-state index is 13.5. The minimum Gasteiger partial charge on any atom is -0.462 e. The third kappa shape index (κ3) is 2.35. The Hall–Kier alpha value is -1.93. The summed E-state index contributed by atoms with van der Waals surface area (Å²) in [6, 6.07) is 3.96. The highest BCUT2D eigenvalue weighted by atomic mass is 19.1. The Morgan fingerprint density at radius 3 is 2.81 bits per heavy atom. The summed E-state index contributed by atoms with van der Waals surface area (Å²) in [5.74, 6) is -1.73. The number of esters is 1. The van der Waals surface area contributed by atoms with Gasteiger partial charge in [-0.05, 0) is 24.6 Å². The van der Waals surface area contributed by atoms with Gasteiger partial charge in [-0.15, -0.1) is 0 Å². The molecular weight excluding hydrogens is 213 g/mol. The molecule has 84 valence electrons. The Morgan fingerprint density at radius 2 is 2.31 bits per heavy atom. The highest BCUT2D eigenvalue weighted by Crippen LogP contribution is 2.17. The molecule has 0 saturated heterocycles. The number of nitrogens with zero attached hydrogens (tertiary/aromatic N) is 1. The molecule has 0 spiro atoms. The lowest BCUT2D eigenvalue weighted by Gasteiger charge is -2.06. The van der Waals surface area contributed by atoms with E-state index in [0.717, 1.165) is 6.07 Å². The molecule has 0 aromatic heterocycles. The van der Waals surface area contributed by atoms with E-state index in [1.165, 1.54) is 6.07 Å². The molecule has 0 aliphatic rings. The normalized spacial score (nSPS) is 9.62. The Morgan fingerprint density at radius 1 is 1.62 bits per heavy atom. The van der Waals surface area contributed by atoms with E-state index in [4.69, 9.17) is 10.4 Å². The average Bonchev–Trinajstić information content (AvgIpc) is 2.27. The van der Waals surface area contributed by atoms with Gasteiger partial charge >= 0.3 is 5.97 Å². The van der Waals surface area contributed by atoms with Gasteiger partial charge in [0.2, 0.25) is 0 Å². The summed E-state index contributed by atoms with van der Waals surface area (Å²) in [5.41, 5.74) is -0.286. The fourth-order valence-corrected chi connectivity index (χ4v) is 1.25. The van der Waals surface area contributed by atoms with Crippen LogP contribution in [0.25, 0.3) is 0 Å². The molecule has 0 heterocycles. The molecular formula is C11H10FNO3. The number of carbonyl (C=O) groups is 1. The second-order valence-corrected chi connectivity index (χ2v) is 2.99. The van der Waals surface area contributed by atoms with Crippen molar-refractivity contribution in [2.75, 3.05) is 6.61 Å². The summed E-state index contributed by atoms with van der Waals surface area (Å²) in [4.78, 5) is 11.4. The number of carbonyl (C=O) groups excluding carboxylic acids is 1. The van der Waals surface area contributed by atoms with Crippen molar-refractivity contribution < 1.29 is 19.0 Å². The lowest BCUT2D eigenvalue weighted by Crippen LogP contribution is -2.10. The number of aliphatic hydroxyl groups excluding tert-OH is 1. The van der Waals surface area contributed by atoms with Gasteiger partial charge in [-0.25, -0.2) is 9.18 Å². The van der Waals surface area contributed by atoms with Crippen LogP contribution in [0, 0.1) is 17.1 Å². The fraction of sp³-hybridized carbons (Fsp3) is 0.273. The Labute approximate surface area is 91.9 Å². The summed E-state index contributed by atoms with van der Waals surface area (Å²) >= 11 is 0. The highest BCUT2D eigenvalue weighted by molar-refractivity contribution is 5.92. The molecule has 0 amide bonds. The van der Waals surface area contributed by atoms with Gasteiger partial charge in [0.25, 0.3) is 0 Å². The standard InChI is InChI=1S/C11H10FNO3/c1-2-16-11(15)10-8(5-13)3-7(6-14)4-9(10)12/h3-4,14H,2,6H2,1H3. The first-order valence-corrected chi connectivity index (χ1v) is 4.64. The van der Waals surface area contributed by atoms with Crippen LogP contribution in [0.4, 0.5) is 4.39 Å². The molecule has 4 nitrogen and oxygen atoms in total. The quantitative estimate of drug-likeness (QED) is 0.785. The van der Waals surface area contributed by atoms with Gasteiger partial charge in [0, 0.05) is 0 Å². The van der Waals surface area contributed by atoms with Gasteiger partial charge < -0.3 is 9.84 Å². The number of hydrogen-bond donors (Lipinski definition) is 1. The van der Waals surface area contributed by atoms with Gasteiger partial charge in [0.1, 0.15) is 17.4 Å². The Bertz CT molecular complexity index is 451. The predicted octanol–water partition coefficient (Wildman–Crippen LogP) is 1.37. The second-order valence-electron chi connectivity index (χ2n) is 2.99. The molecule has 1 aromatic rings. The molecule has 0 saturated carbocycles. The minimum absolute atomic E-state index is 0.102. The van der Waals surface area contributed by atoms with E-state index in [2.05, 4.69) is 4.74 Å². The molecule has 1 aromatic carbocycles. The van der Waals surface area contributed by atoms with Gasteiger partial charge in [-0.1, -0.05) is 0 Å². The first-order chi connectivity index (χ1) is 7.63. The van der Waals surface area contributed by atoms with Crippen molar-refractivity contribution in [3.63, 3.8) is 0 Å². The molecule has 0 radical (unpaired) electrons. The number of nitriles is 1. The number of benzene rings is 1. The van der Waals surface area contributed by atoms with Crippen molar-refractivity contribution >= 4 is 5.97 Å². The maximum absolute atomic E-state index is 13.5. The maximum Gasteiger partial charge on any atom is 0.342 e. The van der Waals surface area contributed by atoms with E-state index in [1.807, 2.05) is 0 Å². The Balaban J connectivity index is 3.28. The molecule has 0 aliphatic heterocycles. The van der Waals surface area contributed by atoms with E-state index in [-0.39, 0.29) is 23.3 Å². The lowest BCUT2D eigenvalue weighted by atomic mass is 10.0. The van der Waals surface area contributed by atoms with Crippen molar-refractivity contribution in [2.45, 2.75) is 13.5 Å². The number of hydrogen-bond acceptors (Lipinski definition) is 4. The second kappa shape index (κ2) is 5.24. The molecule has 0 fully saturated rings. The molecule has 0 bridgehead atoms. The number of rotatable bonds is 3. The van der Waals surface area contributed by atoms with E-state index in [0.29, 0.717) is 0 Å². The largest absolute Gasteiger partial charge is 0.462 e. The lowest BCUT2D eigenvalue weighted by molar-refractivity contribution is 0.0520. The molecule has 0 unspecified atom stereocenters. The zero-order valence-electron chi connectivity index (χ0n) is 8.66. The Kier molecular flexibility index (Phi) is 3.97. The zero-order valence-corrected chi connectivity index (χ0v) is 8.66. The molecule has 0 aliphatic carbocycles.